The van der Waals surface area contributed by atoms with Gasteiger partial charge in [0.1, 0.15) is 0 Å². The monoisotopic (exact) mass is 296 g/mol. The van der Waals surface area contributed by atoms with Crippen LogP contribution in [0.3, 0.4) is 0 Å². The van der Waals surface area contributed by atoms with Crippen LogP contribution in [0.25, 0.3) is 33.2 Å². The maximum atomic E-state index is 4.44. The summed E-state index contributed by atoms with van der Waals surface area (Å²) >= 11 is 0. The summed E-state index contributed by atoms with van der Waals surface area (Å²) in [4.78, 5) is 8.75. The Bertz CT molecular complexity index is 967. The van der Waals surface area contributed by atoms with Crippen molar-refractivity contribution in [2.24, 2.45) is 0 Å². The van der Waals surface area contributed by atoms with E-state index in [0.29, 0.717) is 0 Å². The summed E-state index contributed by atoms with van der Waals surface area (Å²) in [5, 5.41) is 2.54. The van der Waals surface area contributed by atoms with E-state index in [-0.39, 0.29) is 0 Å². The van der Waals surface area contributed by atoms with Crippen molar-refractivity contribution in [3.63, 3.8) is 0 Å². The molecule has 3 aromatic carbocycles. The van der Waals surface area contributed by atoms with E-state index >= 15 is 0 Å². The van der Waals surface area contributed by atoms with Gasteiger partial charge >= 0.3 is 0 Å². The highest BCUT2D eigenvalue weighted by Gasteiger charge is 2.06. The highest BCUT2D eigenvalue weighted by molar-refractivity contribution is 5.96. The molecule has 0 spiro atoms. The first-order valence-electron chi connectivity index (χ1n) is 7.69. The van der Waals surface area contributed by atoms with Crippen LogP contribution in [0.15, 0.2) is 79.1 Å². The average molecular weight is 296 g/mol. The molecule has 0 atom stereocenters. The first-order valence-corrected chi connectivity index (χ1v) is 7.69. The van der Waals surface area contributed by atoms with E-state index in [1.165, 1.54) is 21.9 Å². The van der Waals surface area contributed by atoms with Crippen LogP contribution in [-0.2, 0) is 0 Å². The number of nitrogens with zero attached hydrogens (tertiary/aromatic N) is 2. The molecule has 0 radical (unpaired) electrons. The zero-order valence-corrected chi connectivity index (χ0v) is 12.9. The highest BCUT2D eigenvalue weighted by atomic mass is 14.8. The van der Waals surface area contributed by atoms with Crippen LogP contribution in [0.4, 0.5) is 0 Å². The van der Waals surface area contributed by atoms with Gasteiger partial charge in [0.25, 0.3) is 0 Å². The average Bonchev–Trinajstić information content (AvgIpc) is 2.62. The number of aryl methyl sites for hydroxylation is 1. The molecule has 4 aromatic rings. The van der Waals surface area contributed by atoms with E-state index in [2.05, 4.69) is 76.7 Å². The first-order chi connectivity index (χ1) is 11.3. The molecule has 2 heteroatoms. The van der Waals surface area contributed by atoms with Crippen molar-refractivity contribution in [2.75, 3.05) is 0 Å². The van der Waals surface area contributed by atoms with E-state index in [0.717, 1.165) is 17.0 Å². The van der Waals surface area contributed by atoms with Gasteiger partial charge in [-0.15, -0.1) is 0 Å². The molecule has 0 amide bonds. The molecule has 0 bridgehead atoms. The summed E-state index contributed by atoms with van der Waals surface area (Å²) < 4.78 is 0. The Balaban J connectivity index is 1.80. The summed E-state index contributed by atoms with van der Waals surface area (Å²) in [5.41, 5.74) is 5.46. The molecule has 0 aliphatic rings. The molecular weight excluding hydrogens is 280 g/mol. The van der Waals surface area contributed by atoms with Crippen LogP contribution < -0.4 is 0 Å². The minimum Gasteiger partial charge on any atom is -0.258 e. The van der Waals surface area contributed by atoms with E-state index in [1.807, 2.05) is 6.92 Å². The van der Waals surface area contributed by atoms with Crippen LogP contribution >= 0.6 is 0 Å². The lowest BCUT2D eigenvalue weighted by Gasteiger charge is -2.08. The van der Waals surface area contributed by atoms with E-state index in [4.69, 9.17) is 0 Å². The van der Waals surface area contributed by atoms with E-state index in [9.17, 15) is 0 Å². The summed E-state index contributed by atoms with van der Waals surface area (Å²) in [7, 11) is 0. The number of rotatable bonds is 2. The second kappa shape index (κ2) is 5.65. The minimum atomic E-state index is 0.942. The van der Waals surface area contributed by atoms with Crippen LogP contribution in [-0.4, -0.2) is 9.97 Å². The van der Waals surface area contributed by atoms with Crippen molar-refractivity contribution >= 4 is 10.8 Å². The van der Waals surface area contributed by atoms with Gasteiger partial charge in [-0.2, -0.15) is 0 Å². The Kier molecular flexibility index (Phi) is 3.35. The Labute approximate surface area is 135 Å². The van der Waals surface area contributed by atoms with Gasteiger partial charge in [-0.3, -0.25) is 9.97 Å². The molecule has 23 heavy (non-hydrogen) atoms. The van der Waals surface area contributed by atoms with Gasteiger partial charge in [-0.1, -0.05) is 66.7 Å². The molecule has 0 aliphatic heterocycles. The zero-order valence-electron chi connectivity index (χ0n) is 12.9. The van der Waals surface area contributed by atoms with Crippen molar-refractivity contribution in [3.8, 4) is 22.4 Å². The van der Waals surface area contributed by atoms with Crippen LogP contribution in [0.2, 0.25) is 0 Å². The van der Waals surface area contributed by atoms with Crippen molar-refractivity contribution in [3.05, 3.63) is 84.8 Å². The lowest BCUT2D eigenvalue weighted by Crippen LogP contribution is -1.90. The van der Waals surface area contributed by atoms with Gasteiger partial charge < -0.3 is 0 Å². The van der Waals surface area contributed by atoms with Crippen molar-refractivity contribution in [1.29, 1.82) is 0 Å². The fourth-order valence-electron chi connectivity index (χ4n) is 2.98. The van der Waals surface area contributed by atoms with Crippen molar-refractivity contribution < 1.29 is 0 Å². The Morgan fingerprint density at radius 2 is 1.35 bits per heavy atom. The van der Waals surface area contributed by atoms with Crippen LogP contribution in [0.1, 0.15) is 5.69 Å². The maximum Gasteiger partial charge on any atom is 0.0914 e. The number of aromatic nitrogens is 2. The quantitative estimate of drug-likeness (QED) is 0.503. The van der Waals surface area contributed by atoms with E-state index < -0.39 is 0 Å². The SMILES string of the molecule is Cc1nccnc1-c1ccc(-c2cccc3ccccc23)cc1. The summed E-state index contributed by atoms with van der Waals surface area (Å²) in [5.74, 6) is 0. The largest absolute Gasteiger partial charge is 0.258 e. The smallest absolute Gasteiger partial charge is 0.0914 e. The van der Waals surface area contributed by atoms with Gasteiger partial charge in [0.15, 0.2) is 0 Å². The van der Waals surface area contributed by atoms with Gasteiger partial charge in [0.2, 0.25) is 0 Å². The molecule has 1 heterocycles. The van der Waals surface area contributed by atoms with Crippen molar-refractivity contribution in [1.82, 2.24) is 9.97 Å². The standard InChI is InChI=1S/C21H16N2/c1-15-21(23-14-13-22-15)18-11-9-17(10-12-18)20-8-4-6-16-5-2-3-7-19(16)20/h2-14H,1H3. The fourth-order valence-corrected chi connectivity index (χ4v) is 2.98. The summed E-state index contributed by atoms with van der Waals surface area (Å²) in [6.45, 7) is 1.99. The summed E-state index contributed by atoms with van der Waals surface area (Å²) in [6.07, 6.45) is 3.46. The second-order valence-corrected chi connectivity index (χ2v) is 5.59. The fraction of sp³-hybridized carbons (Fsp3) is 0.0476. The topological polar surface area (TPSA) is 25.8 Å². The molecule has 0 aliphatic carbocycles. The molecule has 0 N–H and O–H groups in total. The van der Waals surface area contributed by atoms with Crippen molar-refractivity contribution in [2.45, 2.75) is 6.92 Å². The second-order valence-electron chi connectivity index (χ2n) is 5.59. The summed E-state index contributed by atoms with van der Waals surface area (Å²) in [6, 6.07) is 23.5. The van der Waals surface area contributed by atoms with Crippen LogP contribution in [0.5, 0.6) is 0 Å². The predicted octanol–water partition coefficient (Wildman–Crippen LogP) is 5.27. The van der Waals surface area contributed by atoms with Gasteiger partial charge in [0, 0.05) is 18.0 Å². The van der Waals surface area contributed by atoms with Gasteiger partial charge in [-0.05, 0) is 28.8 Å². The normalized spacial score (nSPS) is 10.8. The third kappa shape index (κ3) is 2.49. The first kappa shape index (κ1) is 13.6. The minimum absolute atomic E-state index is 0.942. The Morgan fingerprint density at radius 3 is 2.17 bits per heavy atom. The number of hydrogen-bond acceptors (Lipinski definition) is 2. The lowest BCUT2D eigenvalue weighted by atomic mass is 9.97. The number of hydrogen-bond donors (Lipinski definition) is 0. The molecule has 0 saturated carbocycles. The maximum absolute atomic E-state index is 4.44. The third-order valence-electron chi connectivity index (χ3n) is 4.14. The Hall–Kier alpha value is -3.00. The van der Waals surface area contributed by atoms with Crippen LogP contribution in [0, 0.1) is 6.92 Å². The number of fused-ring (bicyclic) bond motifs is 1. The molecule has 0 fully saturated rings. The molecule has 110 valence electrons. The predicted molar refractivity (Wildman–Crippen MR) is 95.1 cm³/mol. The Morgan fingerprint density at radius 1 is 0.652 bits per heavy atom. The molecule has 2 nitrogen and oxygen atoms in total. The lowest BCUT2D eigenvalue weighted by molar-refractivity contribution is 1.12. The molecule has 0 saturated heterocycles. The number of benzene rings is 3. The van der Waals surface area contributed by atoms with E-state index in [1.54, 1.807) is 12.4 Å². The molecular formula is C21H16N2. The highest BCUT2D eigenvalue weighted by Crippen LogP contribution is 2.30. The zero-order chi connectivity index (χ0) is 15.6. The molecule has 4 rings (SSSR count). The third-order valence-corrected chi connectivity index (χ3v) is 4.14. The molecule has 0 unspecified atom stereocenters. The van der Waals surface area contributed by atoms with Gasteiger partial charge in [0.05, 0.1) is 11.4 Å². The molecule has 1 aromatic heterocycles. The van der Waals surface area contributed by atoms with Gasteiger partial charge in [-0.25, -0.2) is 0 Å².